The third kappa shape index (κ3) is 3.32. The van der Waals surface area contributed by atoms with E-state index in [9.17, 15) is 0 Å². The van der Waals surface area contributed by atoms with Crippen molar-refractivity contribution in [3.8, 4) is 0 Å². The molecule has 0 bridgehead atoms. The van der Waals surface area contributed by atoms with Gasteiger partial charge in [0.15, 0.2) is 0 Å². The van der Waals surface area contributed by atoms with Gasteiger partial charge in [-0.25, -0.2) is 0 Å². The minimum absolute atomic E-state index is 0.844. The third-order valence-corrected chi connectivity index (χ3v) is 2.83. The zero-order valence-corrected chi connectivity index (χ0v) is 10.2. The fourth-order valence-electron chi connectivity index (χ4n) is 1.89. The highest BCUT2D eigenvalue weighted by atomic mass is 16.5. The molecular weight excluding hydrogens is 214 g/mol. The Labute approximate surface area is 102 Å². The number of nitrogens with one attached hydrogen (secondary N) is 1. The predicted molar refractivity (Wildman–Crippen MR) is 69.0 cm³/mol. The first-order valence-electron chi connectivity index (χ1n) is 6.06. The number of hydrogen-bond acceptors (Lipinski definition) is 3. The molecule has 0 spiro atoms. The summed E-state index contributed by atoms with van der Waals surface area (Å²) in [6.07, 6.45) is 4.09. The van der Waals surface area contributed by atoms with Crippen LogP contribution in [-0.4, -0.2) is 20.3 Å². The molecule has 0 amide bonds. The van der Waals surface area contributed by atoms with Gasteiger partial charge in [-0.15, -0.1) is 0 Å². The number of unbranched alkanes of at least 4 members (excludes halogenated alkanes) is 1. The standard InChI is InChI=1S/C14H19NO2/c1-16-9-5-4-8-15-10-12-11-17-14-7-3-2-6-13(12)14/h2-3,6-7,11,15H,4-5,8-10H2,1H3. The van der Waals surface area contributed by atoms with Gasteiger partial charge in [0, 0.05) is 31.2 Å². The molecule has 0 fully saturated rings. The summed E-state index contributed by atoms with van der Waals surface area (Å²) in [6.45, 7) is 2.73. The van der Waals surface area contributed by atoms with Gasteiger partial charge >= 0.3 is 0 Å². The summed E-state index contributed by atoms with van der Waals surface area (Å²) >= 11 is 0. The maximum atomic E-state index is 5.48. The molecule has 1 aromatic heterocycles. The molecule has 0 atom stereocenters. The van der Waals surface area contributed by atoms with Crippen LogP contribution in [0.1, 0.15) is 18.4 Å². The number of fused-ring (bicyclic) bond motifs is 1. The van der Waals surface area contributed by atoms with Crippen LogP contribution in [-0.2, 0) is 11.3 Å². The lowest BCUT2D eigenvalue weighted by Gasteiger charge is -2.03. The molecule has 1 heterocycles. The van der Waals surface area contributed by atoms with Crippen LogP contribution < -0.4 is 5.32 Å². The molecule has 92 valence electrons. The van der Waals surface area contributed by atoms with Gasteiger partial charge in [-0.3, -0.25) is 0 Å². The van der Waals surface area contributed by atoms with Gasteiger partial charge < -0.3 is 14.5 Å². The van der Waals surface area contributed by atoms with Gasteiger partial charge in [0.1, 0.15) is 5.58 Å². The van der Waals surface area contributed by atoms with E-state index in [4.69, 9.17) is 9.15 Å². The van der Waals surface area contributed by atoms with Gasteiger partial charge in [0.2, 0.25) is 0 Å². The topological polar surface area (TPSA) is 34.4 Å². The van der Waals surface area contributed by atoms with E-state index in [1.54, 1.807) is 7.11 Å². The number of rotatable bonds is 7. The molecule has 0 saturated heterocycles. The Morgan fingerprint density at radius 3 is 3.00 bits per heavy atom. The first-order chi connectivity index (χ1) is 8.42. The van der Waals surface area contributed by atoms with Crippen molar-refractivity contribution in [2.75, 3.05) is 20.3 Å². The molecule has 0 aliphatic carbocycles. The lowest BCUT2D eigenvalue weighted by atomic mass is 10.2. The molecule has 0 aliphatic heterocycles. The van der Waals surface area contributed by atoms with E-state index in [1.807, 2.05) is 24.5 Å². The van der Waals surface area contributed by atoms with E-state index in [0.29, 0.717) is 0 Å². The number of benzene rings is 1. The van der Waals surface area contributed by atoms with Gasteiger partial charge in [0.05, 0.1) is 6.26 Å². The van der Waals surface area contributed by atoms with Crippen molar-refractivity contribution in [1.82, 2.24) is 5.32 Å². The van der Waals surface area contributed by atoms with Crippen molar-refractivity contribution in [2.45, 2.75) is 19.4 Å². The molecule has 1 N–H and O–H groups in total. The number of ether oxygens (including phenoxy) is 1. The molecule has 2 rings (SSSR count). The van der Waals surface area contributed by atoms with Crippen LogP contribution in [0.15, 0.2) is 34.9 Å². The molecular formula is C14H19NO2. The van der Waals surface area contributed by atoms with Crippen molar-refractivity contribution >= 4 is 11.0 Å². The lowest BCUT2D eigenvalue weighted by Crippen LogP contribution is -2.14. The summed E-state index contributed by atoms with van der Waals surface area (Å²) in [6, 6.07) is 8.13. The second-order valence-corrected chi connectivity index (χ2v) is 4.13. The van der Waals surface area contributed by atoms with Crippen LogP contribution >= 0.6 is 0 Å². The lowest BCUT2D eigenvalue weighted by molar-refractivity contribution is 0.192. The van der Waals surface area contributed by atoms with E-state index in [1.165, 1.54) is 10.9 Å². The van der Waals surface area contributed by atoms with E-state index in [2.05, 4.69) is 11.4 Å². The highest BCUT2D eigenvalue weighted by molar-refractivity contribution is 5.80. The van der Waals surface area contributed by atoms with Crippen LogP contribution in [0.4, 0.5) is 0 Å². The number of methoxy groups -OCH3 is 1. The minimum atomic E-state index is 0.844. The normalized spacial score (nSPS) is 11.1. The zero-order chi connectivity index (χ0) is 11.9. The van der Waals surface area contributed by atoms with Gasteiger partial charge in [-0.05, 0) is 25.5 Å². The molecule has 17 heavy (non-hydrogen) atoms. The smallest absolute Gasteiger partial charge is 0.134 e. The average molecular weight is 233 g/mol. The van der Waals surface area contributed by atoms with Crippen LogP contribution in [0.3, 0.4) is 0 Å². The number of furan rings is 1. The second kappa shape index (κ2) is 6.42. The highest BCUT2D eigenvalue weighted by Crippen LogP contribution is 2.20. The number of hydrogen-bond donors (Lipinski definition) is 1. The SMILES string of the molecule is COCCCCNCc1coc2ccccc12. The summed E-state index contributed by atoms with van der Waals surface area (Å²) < 4.78 is 10.5. The third-order valence-electron chi connectivity index (χ3n) is 2.83. The fraction of sp³-hybridized carbons (Fsp3) is 0.429. The largest absolute Gasteiger partial charge is 0.464 e. The Kier molecular flexibility index (Phi) is 4.59. The molecule has 3 nitrogen and oxygen atoms in total. The molecule has 0 unspecified atom stereocenters. The second-order valence-electron chi connectivity index (χ2n) is 4.13. The van der Waals surface area contributed by atoms with Gasteiger partial charge in [0.25, 0.3) is 0 Å². The Hall–Kier alpha value is -1.32. The van der Waals surface area contributed by atoms with Crippen LogP contribution in [0.5, 0.6) is 0 Å². The first-order valence-corrected chi connectivity index (χ1v) is 6.06. The molecule has 3 heteroatoms. The summed E-state index contributed by atoms with van der Waals surface area (Å²) in [5.41, 5.74) is 2.19. The van der Waals surface area contributed by atoms with Crippen molar-refractivity contribution in [3.63, 3.8) is 0 Å². The Morgan fingerprint density at radius 2 is 2.12 bits per heavy atom. The molecule has 0 aliphatic rings. The van der Waals surface area contributed by atoms with Gasteiger partial charge in [-0.1, -0.05) is 18.2 Å². The van der Waals surface area contributed by atoms with E-state index >= 15 is 0 Å². The van der Waals surface area contributed by atoms with Crippen molar-refractivity contribution in [1.29, 1.82) is 0 Å². The summed E-state index contributed by atoms with van der Waals surface area (Å²) in [4.78, 5) is 0. The highest BCUT2D eigenvalue weighted by Gasteiger charge is 2.03. The Bertz CT molecular complexity index is 450. The fourth-order valence-corrected chi connectivity index (χ4v) is 1.89. The number of para-hydroxylation sites is 1. The van der Waals surface area contributed by atoms with E-state index in [0.717, 1.165) is 38.1 Å². The van der Waals surface area contributed by atoms with Crippen molar-refractivity contribution in [2.24, 2.45) is 0 Å². The maximum absolute atomic E-state index is 5.48. The van der Waals surface area contributed by atoms with Crippen molar-refractivity contribution in [3.05, 3.63) is 36.1 Å². The molecule has 0 saturated carbocycles. The summed E-state index contributed by atoms with van der Waals surface area (Å²) in [7, 11) is 1.74. The maximum Gasteiger partial charge on any atom is 0.134 e. The first kappa shape index (κ1) is 12.1. The van der Waals surface area contributed by atoms with E-state index < -0.39 is 0 Å². The predicted octanol–water partition coefficient (Wildman–Crippen LogP) is 2.95. The monoisotopic (exact) mass is 233 g/mol. The molecule has 2 aromatic rings. The van der Waals surface area contributed by atoms with Crippen LogP contribution in [0.2, 0.25) is 0 Å². The van der Waals surface area contributed by atoms with Crippen molar-refractivity contribution < 1.29 is 9.15 Å². The average Bonchev–Trinajstić information content (AvgIpc) is 2.77. The Balaban J connectivity index is 1.79. The van der Waals surface area contributed by atoms with E-state index in [-0.39, 0.29) is 0 Å². The zero-order valence-electron chi connectivity index (χ0n) is 10.2. The summed E-state index contributed by atoms with van der Waals surface area (Å²) in [5, 5.41) is 4.63. The Morgan fingerprint density at radius 1 is 1.24 bits per heavy atom. The van der Waals surface area contributed by atoms with Gasteiger partial charge in [-0.2, -0.15) is 0 Å². The van der Waals surface area contributed by atoms with Crippen LogP contribution in [0, 0.1) is 0 Å². The molecule has 0 radical (unpaired) electrons. The quantitative estimate of drug-likeness (QED) is 0.747. The summed E-state index contributed by atoms with van der Waals surface area (Å²) in [5.74, 6) is 0. The van der Waals surface area contributed by atoms with Crippen LogP contribution in [0.25, 0.3) is 11.0 Å². The molecule has 1 aromatic carbocycles. The minimum Gasteiger partial charge on any atom is -0.464 e.